The predicted octanol–water partition coefficient (Wildman–Crippen LogP) is 5.48. The Balaban J connectivity index is 2.31. The van der Waals surface area contributed by atoms with E-state index in [1.165, 1.54) is 0 Å². The molecule has 1 saturated heterocycles. The number of carbonyl (C=O) groups is 1. The first-order valence-electron chi connectivity index (χ1n) is 9.37. The molecule has 0 aliphatic carbocycles. The van der Waals surface area contributed by atoms with E-state index in [0.29, 0.717) is 0 Å². The van der Waals surface area contributed by atoms with Crippen molar-refractivity contribution in [1.29, 1.82) is 0 Å². The zero-order chi connectivity index (χ0) is 20.7. The van der Waals surface area contributed by atoms with E-state index >= 15 is 0 Å². The molecule has 0 saturated carbocycles. The molecule has 1 atom stereocenters. The van der Waals surface area contributed by atoms with E-state index in [1.54, 1.807) is 0 Å². The number of anilines is 1. The van der Waals surface area contributed by atoms with Gasteiger partial charge in [-0.25, -0.2) is 4.79 Å². The van der Waals surface area contributed by atoms with Crippen LogP contribution in [-0.2, 0) is 14.0 Å². The zero-order valence-electron chi connectivity index (χ0n) is 17.9. The second-order valence-electron chi connectivity index (χ2n) is 9.13. The highest BCUT2D eigenvalue weighted by Gasteiger charge is 2.68. The molecule has 2 rings (SSSR count). The van der Waals surface area contributed by atoms with Gasteiger partial charge >= 0.3 is 5.97 Å². The van der Waals surface area contributed by atoms with Crippen molar-refractivity contribution in [2.24, 2.45) is 0 Å². The molecular formula is C22H33NO3Si. The minimum absolute atomic E-state index is 0.0509. The first-order valence-corrected chi connectivity index (χ1v) is 12.3. The van der Waals surface area contributed by atoms with Crippen molar-refractivity contribution < 1.29 is 14.0 Å². The van der Waals surface area contributed by atoms with Crippen molar-refractivity contribution in [3.05, 3.63) is 42.0 Å². The van der Waals surface area contributed by atoms with Gasteiger partial charge in [0, 0.05) is 12.7 Å². The summed E-state index contributed by atoms with van der Waals surface area (Å²) in [5.41, 5.74) is 1.23. The maximum atomic E-state index is 12.3. The third-order valence-corrected chi connectivity index (χ3v) is 10.4. The molecule has 0 radical (unpaired) electrons. The van der Waals surface area contributed by atoms with Crippen LogP contribution in [0, 0.1) is 0 Å². The summed E-state index contributed by atoms with van der Waals surface area (Å²) in [5.74, 6) is -0.237. The van der Waals surface area contributed by atoms with Crippen LogP contribution in [0.4, 0.5) is 5.69 Å². The molecule has 1 aromatic carbocycles. The number of cyclic esters (lactones) is 1. The molecule has 1 aromatic rings. The molecule has 1 fully saturated rings. The molecule has 27 heavy (non-hydrogen) atoms. The van der Waals surface area contributed by atoms with E-state index in [1.807, 2.05) is 57.3 Å². The van der Waals surface area contributed by atoms with Crippen molar-refractivity contribution in [3.8, 4) is 0 Å². The average Bonchev–Trinajstić information content (AvgIpc) is 3.23. The summed E-state index contributed by atoms with van der Waals surface area (Å²) in [6.45, 7) is 18.7. The van der Waals surface area contributed by atoms with E-state index < -0.39 is 19.5 Å². The quantitative estimate of drug-likeness (QED) is 0.497. The first kappa shape index (κ1) is 21.4. The smallest absolute Gasteiger partial charge is 0.359 e. The maximum absolute atomic E-state index is 12.3. The molecule has 1 heterocycles. The van der Waals surface area contributed by atoms with Gasteiger partial charge in [0.15, 0.2) is 8.32 Å². The summed E-state index contributed by atoms with van der Waals surface area (Å²) in [7, 11) is -0.186. The fourth-order valence-corrected chi connectivity index (χ4v) is 4.68. The van der Waals surface area contributed by atoms with Gasteiger partial charge in [0.25, 0.3) is 5.60 Å². The number of epoxide rings is 1. The second kappa shape index (κ2) is 6.95. The van der Waals surface area contributed by atoms with E-state index in [-0.39, 0.29) is 11.0 Å². The van der Waals surface area contributed by atoms with Gasteiger partial charge in [-0.2, -0.15) is 0 Å². The Morgan fingerprint density at radius 2 is 1.81 bits per heavy atom. The number of ether oxygens (including phenoxy) is 1. The number of benzene rings is 1. The molecular weight excluding hydrogens is 354 g/mol. The van der Waals surface area contributed by atoms with Gasteiger partial charge in [-0.05, 0) is 55.2 Å². The fraction of sp³-hybridized carbons (Fsp3) is 0.500. The highest BCUT2D eigenvalue weighted by atomic mass is 28.4. The summed E-state index contributed by atoms with van der Waals surface area (Å²) in [6, 6.07) is 6.02. The standard InChI is InChI=1S/C22H33NO3Si/c1-10-17-12-11-16(15-18(17)23-7)13-14-22(19(24)25-22)21(5,6)26-27(8,9)20(2,3)4/h10-15,23H,1H2,2-9H3/b14-13+. The van der Waals surface area contributed by atoms with Gasteiger partial charge < -0.3 is 14.5 Å². The highest BCUT2D eigenvalue weighted by molar-refractivity contribution is 6.74. The summed E-state index contributed by atoms with van der Waals surface area (Å²) in [6.07, 6.45) is 5.57. The molecule has 1 unspecified atom stereocenters. The maximum Gasteiger partial charge on any atom is 0.359 e. The topological polar surface area (TPSA) is 50.9 Å². The number of nitrogens with one attached hydrogen (secondary N) is 1. The van der Waals surface area contributed by atoms with Crippen molar-refractivity contribution in [2.75, 3.05) is 12.4 Å². The van der Waals surface area contributed by atoms with Crippen molar-refractivity contribution in [3.63, 3.8) is 0 Å². The number of carbonyl (C=O) groups excluding carboxylic acids is 1. The van der Waals surface area contributed by atoms with Crippen LogP contribution in [0.3, 0.4) is 0 Å². The summed E-state index contributed by atoms with van der Waals surface area (Å²) in [5, 5.41) is 3.21. The third-order valence-electron chi connectivity index (χ3n) is 5.80. The Labute approximate surface area is 164 Å². The summed E-state index contributed by atoms with van der Waals surface area (Å²) < 4.78 is 12.1. The van der Waals surface area contributed by atoms with Gasteiger partial charge in [0.2, 0.25) is 0 Å². The minimum atomic E-state index is -2.06. The third kappa shape index (κ3) is 4.04. The zero-order valence-corrected chi connectivity index (χ0v) is 18.9. The molecule has 148 valence electrons. The monoisotopic (exact) mass is 387 g/mol. The SMILES string of the molecule is C=Cc1ccc(/C=C/C2(C(C)(C)O[Si](C)(C)C(C)(C)C)OC2=O)cc1NC. The van der Waals surface area contributed by atoms with E-state index in [2.05, 4.69) is 45.8 Å². The largest absolute Gasteiger partial charge is 0.436 e. The molecule has 1 aliphatic heterocycles. The second-order valence-corrected chi connectivity index (χ2v) is 13.9. The Bertz CT molecular complexity index is 774. The minimum Gasteiger partial charge on any atom is -0.436 e. The molecule has 0 spiro atoms. The van der Waals surface area contributed by atoms with Gasteiger partial charge in [-0.3, -0.25) is 0 Å². The van der Waals surface area contributed by atoms with Crippen LogP contribution >= 0.6 is 0 Å². The van der Waals surface area contributed by atoms with Crippen LogP contribution in [0.25, 0.3) is 12.2 Å². The van der Waals surface area contributed by atoms with E-state index in [9.17, 15) is 4.79 Å². The number of rotatable bonds is 7. The van der Waals surface area contributed by atoms with Crippen molar-refractivity contribution in [2.45, 2.75) is 64.0 Å². The van der Waals surface area contributed by atoms with Gasteiger partial charge in [0.05, 0.1) is 0 Å². The summed E-state index contributed by atoms with van der Waals surface area (Å²) in [4.78, 5) is 12.3. The number of hydrogen-bond acceptors (Lipinski definition) is 4. The van der Waals surface area contributed by atoms with Crippen LogP contribution in [0.2, 0.25) is 18.1 Å². The normalized spacial score (nSPS) is 20.5. The van der Waals surface area contributed by atoms with Crippen LogP contribution in [0.15, 0.2) is 30.9 Å². The van der Waals surface area contributed by atoms with Crippen LogP contribution < -0.4 is 5.32 Å². The van der Waals surface area contributed by atoms with E-state index in [0.717, 1.165) is 16.8 Å². The number of hydrogen-bond donors (Lipinski definition) is 1. The van der Waals surface area contributed by atoms with Crippen molar-refractivity contribution in [1.82, 2.24) is 0 Å². The first-order chi connectivity index (χ1) is 12.3. The lowest BCUT2D eigenvalue weighted by atomic mass is 9.90. The molecule has 0 bridgehead atoms. The fourth-order valence-electron chi connectivity index (χ4n) is 2.94. The van der Waals surface area contributed by atoms with Crippen LogP contribution in [-0.4, -0.2) is 32.5 Å². The van der Waals surface area contributed by atoms with Gasteiger partial charge in [0.1, 0.15) is 5.60 Å². The lowest BCUT2D eigenvalue weighted by Gasteiger charge is -2.43. The molecule has 4 nitrogen and oxygen atoms in total. The van der Waals surface area contributed by atoms with Gasteiger partial charge in [-0.1, -0.05) is 51.6 Å². The van der Waals surface area contributed by atoms with E-state index in [4.69, 9.17) is 9.16 Å². The Kier molecular flexibility index (Phi) is 5.52. The molecule has 5 heteroatoms. The molecule has 1 N–H and O–H groups in total. The molecule has 1 aliphatic rings. The average molecular weight is 388 g/mol. The lowest BCUT2D eigenvalue weighted by Crippen LogP contribution is -2.53. The van der Waals surface area contributed by atoms with Crippen molar-refractivity contribution >= 4 is 32.1 Å². The van der Waals surface area contributed by atoms with Crippen LogP contribution in [0.1, 0.15) is 45.7 Å². The highest BCUT2D eigenvalue weighted by Crippen LogP contribution is 2.48. The van der Waals surface area contributed by atoms with Crippen LogP contribution in [0.5, 0.6) is 0 Å². The Hall–Kier alpha value is -1.85. The lowest BCUT2D eigenvalue weighted by molar-refractivity contribution is -0.117. The predicted molar refractivity (Wildman–Crippen MR) is 116 cm³/mol. The molecule has 0 amide bonds. The Morgan fingerprint density at radius 1 is 1.22 bits per heavy atom. The summed E-state index contributed by atoms with van der Waals surface area (Å²) >= 11 is 0. The van der Waals surface area contributed by atoms with Gasteiger partial charge in [-0.15, -0.1) is 0 Å². The molecule has 0 aromatic heterocycles. The Morgan fingerprint density at radius 3 is 2.26 bits per heavy atom.